The second-order valence-corrected chi connectivity index (χ2v) is 11.7. The molecule has 1 aliphatic rings. The summed E-state index contributed by atoms with van der Waals surface area (Å²) in [5.41, 5.74) is 0.605. The third kappa shape index (κ3) is 4.86. The second-order valence-electron chi connectivity index (χ2n) is 8.51. The zero-order chi connectivity index (χ0) is 24.5. The van der Waals surface area contributed by atoms with Crippen LogP contribution in [0.1, 0.15) is 43.4 Å². The number of methoxy groups -OCH3 is 1. The summed E-state index contributed by atoms with van der Waals surface area (Å²) >= 11 is 1.33. The van der Waals surface area contributed by atoms with Gasteiger partial charge < -0.3 is 14.6 Å². The standard InChI is InChI=1S/C23H28N4O5S2/c1-14(2)23-25-21(26-32-23)19-13-20(15(3)33-19)34(29,30)27-11-9-16(10-12-27)22(28)24-17-7-5-6-8-18(17)31-4/h5-8,13-14,16H,9-12H2,1-4H3,(H,24,28). The first-order chi connectivity index (χ1) is 16.2. The molecule has 0 aliphatic carbocycles. The lowest BCUT2D eigenvalue weighted by molar-refractivity contribution is -0.120. The minimum atomic E-state index is -3.70. The molecule has 1 N–H and O–H groups in total. The van der Waals surface area contributed by atoms with Crippen molar-refractivity contribution >= 4 is 33.0 Å². The Bertz CT molecular complexity index is 1270. The molecule has 1 amide bonds. The number of benzene rings is 1. The van der Waals surface area contributed by atoms with E-state index in [2.05, 4.69) is 15.5 Å². The van der Waals surface area contributed by atoms with E-state index in [1.807, 2.05) is 26.0 Å². The lowest BCUT2D eigenvalue weighted by Crippen LogP contribution is -2.41. The van der Waals surface area contributed by atoms with Crippen LogP contribution >= 0.6 is 11.3 Å². The highest BCUT2D eigenvalue weighted by atomic mass is 32.2. The number of nitrogens with one attached hydrogen (secondary N) is 1. The smallest absolute Gasteiger partial charge is 0.244 e. The van der Waals surface area contributed by atoms with E-state index in [4.69, 9.17) is 9.26 Å². The van der Waals surface area contributed by atoms with Gasteiger partial charge in [0, 0.05) is 29.8 Å². The molecular formula is C23H28N4O5S2. The largest absolute Gasteiger partial charge is 0.495 e. The Morgan fingerprint density at radius 3 is 2.62 bits per heavy atom. The summed E-state index contributed by atoms with van der Waals surface area (Å²) < 4.78 is 38.7. The van der Waals surface area contributed by atoms with Gasteiger partial charge in [-0.3, -0.25) is 4.79 Å². The number of carbonyl (C=O) groups excluding carboxylic acids is 1. The van der Waals surface area contributed by atoms with E-state index in [-0.39, 0.29) is 35.7 Å². The quantitative estimate of drug-likeness (QED) is 0.511. The fourth-order valence-electron chi connectivity index (χ4n) is 3.88. The van der Waals surface area contributed by atoms with Gasteiger partial charge in [0.2, 0.25) is 27.6 Å². The summed E-state index contributed by atoms with van der Waals surface area (Å²) in [5, 5.41) is 6.90. The van der Waals surface area contributed by atoms with Gasteiger partial charge in [-0.1, -0.05) is 31.1 Å². The van der Waals surface area contributed by atoms with E-state index in [1.54, 1.807) is 32.2 Å². The van der Waals surface area contributed by atoms with E-state index >= 15 is 0 Å². The molecule has 4 rings (SSSR count). The van der Waals surface area contributed by atoms with Crippen LogP contribution in [0.2, 0.25) is 0 Å². The minimum absolute atomic E-state index is 0.0898. The van der Waals surface area contributed by atoms with Crippen molar-refractivity contribution in [3.63, 3.8) is 0 Å². The summed E-state index contributed by atoms with van der Waals surface area (Å²) in [4.78, 5) is 18.7. The van der Waals surface area contributed by atoms with E-state index < -0.39 is 10.0 Å². The highest BCUT2D eigenvalue weighted by molar-refractivity contribution is 7.89. The maximum absolute atomic E-state index is 13.4. The molecule has 182 valence electrons. The van der Waals surface area contributed by atoms with Crippen molar-refractivity contribution in [1.29, 1.82) is 0 Å². The molecular weight excluding hydrogens is 476 g/mol. The molecule has 9 nitrogen and oxygen atoms in total. The summed E-state index contributed by atoms with van der Waals surface area (Å²) in [5.74, 6) is 1.18. The Morgan fingerprint density at radius 2 is 1.97 bits per heavy atom. The van der Waals surface area contributed by atoms with Crippen molar-refractivity contribution in [2.24, 2.45) is 5.92 Å². The first kappa shape index (κ1) is 24.4. The molecule has 1 aromatic carbocycles. The number of anilines is 1. The molecule has 0 radical (unpaired) electrons. The first-order valence-electron chi connectivity index (χ1n) is 11.1. The maximum Gasteiger partial charge on any atom is 0.244 e. The topological polar surface area (TPSA) is 115 Å². The van der Waals surface area contributed by atoms with Crippen molar-refractivity contribution < 1.29 is 22.5 Å². The van der Waals surface area contributed by atoms with Crippen LogP contribution in [0.3, 0.4) is 0 Å². The number of hydrogen-bond acceptors (Lipinski definition) is 8. The zero-order valence-electron chi connectivity index (χ0n) is 19.6. The predicted octanol–water partition coefficient (Wildman–Crippen LogP) is 4.28. The monoisotopic (exact) mass is 504 g/mol. The molecule has 0 atom stereocenters. The average molecular weight is 505 g/mol. The fraction of sp³-hybridized carbons (Fsp3) is 0.435. The van der Waals surface area contributed by atoms with Crippen LogP contribution in [0.15, 0.2) is 39.8 Å². The second kappa shape index (κ2) is 9.85. The number of hydrogen-bond donors (Lipinski definition) is 1. The molecule has 34 heavy (non-hydrogen) atoms. The Balaban J connectivity index is 1.44. The van der Waals surface area contributed by atoms with Crippen molar-refractivity contribution in [3.05, 3.63) is 41.1 Å². The number of rotatable bonds is 7. The molecule has 11 heteroatoms. The van der Waals surface area contributed by atoms with Gasteiger partial charge in [0.25, 0.3) is 0 Å². The summed E-state index contributed by atoms with van der Waals surface area (Å²) in [7, 11) is -2.15. The van der Waals surface area contributed by atoms with Gasteiger partial charge in [-0.05, 0) is 38.0 Å². The van der Waals surface area contributed by atoms with Gasteiger partial charge in [-0.2, -0.15) is 9.29 Å². The minimum Gasteiger partial charge on any atom is -0.495 e. The molecule has 1 aliphatic heterocycles. The number of aryl methyl sites for hydroxylation is 1. The van der Waals surface area contributed by atoms with Crippen LogP contribution in [0, 0.1) is 12.8 Å². The van der Waals surface area contributed by atoms with Gasteiger partial charge in [0.15, 0.2) is 0 Å². The van der Waals surface area contributed by atoms with Crippen LogP contribution in [0.25, 0.3) is 10.7 Å². The molecule has 0 saturated carbocycles. The number of carbonyl (C=O) groups is 1. The number of para-hydroxylation sites is 2. The highest BCUT2D eigenvalue weighted by Crippen LogP contribution is 2.35. The van der Waals surface area contributed by atoms with Gasteiger partial charge in [0.1, 0.15) is 5.75 Å². The van der Waals surface area contributed by atoms with Crippen molar-refractivity contribution in [2.75, 3.05) is 25.5 Å². The van der Waals surface area contributed by atoms with Crippen molar-refractivity contribution in [3.8, 4) is 16.5 Å². The van der Waals surface area contributed by atoms with Gasteiger partial charge in [-0.15, -0.1) is 11.3 Å². The highest BCUT2D eigenvalue weighted by Gasteiger charge is 2.34. The number of sulfonamides is 1. The number of nitrogens with zero attached hydrogens (tertiary/aromatic N) is 3. The van der Waals surface area contributed by atoms with Crippen LogP contribution in [0.5, 0.6) is 5.75 Å². The van der Waals surface area contributed by atoms with Crippen LogP contribution in [-0.4, -0.2) is 49.0 Å². The molecule has 0 bridgehead atoms. The summed E-state index contributed by atoms with van der Waals surface area (Å²) in [6.07, 6.45) is 0.887. The van der Waals surface area contributed by atoms with Crippen LogP contribution in [-0.2, 0) is 14.8 Å². The molecule has 1 fully saturated rings. The van der Waals surface area contributed by atoms with Gasteiger partial charge in [0.05, 0.1) is 22.6 Å². The Kier molecular flexibility index (Phi) is 7.06. The third-order valence-corrected chi connectivity index (χ3v) is 9.04. The number of thiophene rings is 1. The summed E-state index contributed by atoms with van der Waals surface area (Å²) in [6.45, 7) is 6.23. The average Bonchev–Trinajstić information content (AvgIpc) is 3.47. The van der Waals surface area contributed by atoms with Gasteiger partial charge in [-0.25, -0.2) is 8.42 Å². The van der Waals surface area contributed by atoms with E-state index in [9.17, 15) is 13.2 Å². The van der Waals surface area contributed by atoms with E-state index in [0.29, 0.717) is 45.7 Å². The fourth-order valence-corrected chi connectivity index (χ4v) is 6.84. The molecule has 2 aromatic heterocycles. The number of piperidine rings is 1. The normalized spacial score (nSPS) is 15.6. The Labute approximate surface area is 203 Å². The molecule has 0 unspecified atom stereocenters. The third-order valence-electron chi connectivity index (χ3n) is 5.84. The first-order valence-corrected chi connectivity index (χ1v) is 13.3. The number of amides is 1. The Hall–Kier alpha value is -2.76. The lowest BCUT2D eigenvalue weighted by atomic mass is 9.97. The van der Waals surface area contributed by atoms with Crippen LogP contribution in [0.4, 0.5) is 5.69 Å². The zero-order valence-corrected chi connectivity index (χ0v) is 21.2. The van der Waals surface area contributed by atoms with Gasteiger partial charge >= 0.3 is 0 Å². The van der Waals surface area contributed by atoms with Crippen molar-refractivity contribution in [2.45, 2.75) is 44.4 Å². The molecule has 3 heterocycles. The number of aromatic nitrogens is 2. The summed E-state index contributed by atoms with van der Waals surface area (Å²) in [6, 6.07) is 8.83. The number of ether oxygens (including phenoxy) is 1. The molecule has 0 spiro atoms. The molecule has 1 saturated heterocycles. The van der Waals surface area contributed by atoms with E-state index in [1.165, 1.54) is 15.6 Å². The molecule has 3 aromatic rings. The maximum atomic E-state index is 13.4. The van der Waals surface area contributed by atoms with E-state index in [0.717, 1.165) is 0 Å². The van der Waals surface area contributed by atoms with Crippen molar-refractivity contribution in [1.82, 2.24) is 14.4 Å². The lowest BCUT2D eigenvalue weighted by Gasteiger charge is -2.30. The SMILES string of the molecule is COc1ccccc1NC(=O)C1CCN(S(=O)(=O)c2cc(-c3noc(C(C)C)n3)sc2C)CC1. The van der Waals surface area contributed by atoms with Crippen LogP contribution < -0.4 is 10.1 Å². The predicted molar refractivity (Wildman–Crippen MR) is 130 cm³/mol. The Morgan fingerprint density at radius 1 is 1.26 bits per heavy atom.